The molecule has 1 aromatic heterocycles. The first-order chi connectivity index (χ1) is 12.8. The van der Waals surface area contributed by atoms with Gasteiger partial charge in [0.1, 0.15) is 11.8 Å². The summed E-state index contributed by atoms with van der Waals surface area (Å²) < 4.78 is 23.4. The van der Waals surface area contributed by atoms with Gasteiger partial charge in [-0.25, -0.2) is 18.4 Å². The van der Waals surface area contributed by atoms with Gasteiger partial charge in [-0.3, -0.25) is 4.79 Å². The molecule has 2 aliphatic rings. The van der Waals surface area contributed by atoms with Gasteiger partial charge in [0.25, 0.3) is 0 Å². The van der Waals surface area contributed by atoms with Gasteiger partial charge in [-0.2, -0.15) is 0 Å². The van der Waals surface area contributed by atoms with E-state index >= 15 is 0 Å². The second-order valence-electron chi connectivity index (χ2n) is 7.50. The van der Waals surface area contributed by atoms with E-state index in [2.05, 4.69) is 9.97 Å². The summed E-state index contributed by atoms with van der Waals surface area (Å²) in [5, 5.41) is 0.771. The first-order valence-electron chi connectivity index (χ1n) is 9.50. The summed E-state index contributed by atoms with van der Waals surface area (Å²) in [6, 6.07) is 0.213. The molecule has 0 bridgehead atoms. The molecular formula is C18H29N4O3S2+. The van der Waals surface area contributed by atoms with Crippen molar-refractivity contribution in [3.8, 4) is 0 Å². The molecule has 0 radical (unpaired) electrons. The minimum absolute atomic E-state index is 0.167. The van der Waals surface area contributed by atoms with Crippen LogP contribution < -0.4 is 4.90 Å². The Bertz CT molecular complexity index is 782. The molecular weight excluding hydrogens is 384 g/mol. The topological polar surface area (TPSA) is 84.7 Å². The Labute approximate surface area is 165 Å². The molecule has 27 heavy (non-hydrogen) atoms. The molecule has 150 valence electrons. The maximum atomic E-state index is 12.6. The van der Waals surface area contributed by atoms with E-state index in [9.17, 15) is 13.2 Å². The van der Waals surface area contributed by atoms with Crippen LogP contribution in [-0.4, -0.2) is 79.2 Å². The first-order valence-corrected chi connectivity index (χ1v) is 12.5. The minimum Gasteiger partial charge on any atom is -0.331 e. The number of thioether (sulfide) groups is 1. The summed E-state index contributed by atoms with van der Waals surface area (Å²) in [7, 11) is -2.84. The molecule has 0 spiro atoms. The number of aryl methyl sites for hydroxylation is 2. The van der Waals surface area contributed by atoms with Gasteiger partial charge in [-0.1, -0.05) is 11.8 Å². The molecule has 9 heteroatoms. The number of rotatable bonds is 5. The number of aromatic nitrogens is 2. The summed E-state index contributed by atoms with van der Waals surface area (Å²) in [5.41, 5.74) is 2.98. The van der Waals surface area contributed by atoms with Crippen molar-refractivity contribution < 1.29 is 18.1 Å². The molecule has 7 nitrogen and oxygen atoms in total. The monoisotopic (exact) mass is 413 g/mol. The second kappa shape index (κ2) is 8.45. The van der Waals surface area contributed by atoms with Gasteiger partial charge in [-0.15, -0.1) is 0 Å². The number of hydrogen-bond acceptors (Lipinski definition) is 6. The molecule has 0 aromatic carbocycles. The normalized spacial score (nSPS) is 22.9. The highest BCUT2D eigenvalue weighted by Crippen LogP contribution is 2.17. The number of nitrogens with zero attached hydrogens (tertiary/aromatic N) is 3. The zero-order chi connectivity index (χ0) is 19.6. The molecule has 1 amide bonds. The summed E-state index contributed by atoms with van der Waals surface area (Å²) in [5.74, 6) is 0.793. The van der Waals surface area contributed by atoms with E-state index in [0.717, 1.165) is 41.6 Å². The highest BCUT2D eigenvalue weighted by molar-refractivity contribution is 7.98. The van der Waals surface area contributed by atoms with E-state index in [-0.39, 0.29) is 11.9 Å². The third-order valence-electron chi connectivity index (χ3n) is 5.74. The van der Waals surface area contributed by atoms with Crippen molar-refractivity contribution in [2.45, 2.75) is 44.3 Å². The Balaban J connectivity index is 1.50. The van der Waals surface area contributed by atoms with Gasteiger partial charge >= 0.3 is 0 Å². The van der Waals surface area contributed by atoms with Gasteiger partial charge in [0, 0.05) is 24.2 Å². The first kappa shape index (κ1) is 20.5. The predicted octanol–water partition coefficient (Wildman–Crippen LogP) is -0.338. The molecule has 1 aromatic rings. The lowest BCUT2D eigenvalue weighted by Crippen LogP contribution is -3.18. The molecule has 1 atom stereocenters. The standard InChI is InChI=1S/C18H28N4O3S2/c1-13-16(14(2)20-18(19-13)26-3)4-5-17(23)22-9-7-21(8-10-22)15-6-11-27(24,25)12-15/h15H,4-12H2,1-3H3/p+1/t15-/m0/s1. The van der Waals surface area contributed by atoms with Crippen molar-refractivity contribution in [2.75, 3.05) is 43.9 Å². The number of quaternary nitrogens is 1. The molecule has 3 rings (SSSR count). The van der Waals surface area contributed by atoms with Gasteiger partial charge in [0.2, 0.25) is 5.91 Å². The molecule has 1 N–H and O–H groups in total. The van der Waals surface area contributed by atoms with Crippen LogP contribution in [0, 0.1) is 13.8 Å². The van der Waals surface area contributed by atoms with Crippen molar-refractivity contribution in [1.29, 1.82) is 0 Å². The Morgan fingerprint density at radius 3 is 2.37 bits per heavy atom. The number of hydrogen-bond donors (Lipinski definition) is 1. The molecule has 0 aliphatic carbocycles. The lowest BCUT2D eigenvalue weighted by atomic mass is 10.1. The van der Waals surface area contributed by atoms with Crippen LogP contribution in [0.4, 0.5) is 0 Å². The van der Waals surface area contributed by atoms with Gasteiger partial charge in [0.05, 0.1) is 31.9 Å². The van der Waals surface area contributed by atoms with Gasteiger partial charge in [0.15, 0.2) is 15.0 Å². The van der Waals surface area contributed by atoms with Gasteiger partial charge < -0.3 is 9.80 Å². The zero-order valence-corrected chi connectivity index (χ0v) is 18.0. The number of carbonyl (C=O) groups excluding carboxylic acids is 1. The summed E-state index contributed by atoms with van der Waals surface area (Å²) in [6.07, 6.45) is 3.85. The third kappa shape index (κ3) is 5.00. The highest BCUT2D eigenvalue weighted by atomic mass is 32.2. The van der Waals surface area contributed by atoms with E-state index in [4.69, 9.17) is 0 Å². The average Bonchev–Trinajstić information content (AvgIpc) is 3.00. The summed E-state index contributed by atoms with van der Waals surface area (Å²) in [4.78, 5) is 24.9. The number of sulfone groups is 1. The fourth-order valence-corrected chi connectivity index (χ4v) is 6.40. The van der Waals surface area contributed by atoms with Crippen molar-refractivity contribution in [2.24, 2.45) is 0 Å². The lowest BCUT2D eigenvalue weighted by molar-refractivity contribution is -0.925. The number of nitrogens with one attached hydrogen (secondary N) is 1. The predicted molar refractivity (Wildman–Crippen MR) is 106 cm³/mol. The van der Waals surface area contributed by atoms with Crippen LogP contribution in [0.5, 0.6) is 0 Å². The van der Waals surface area contributed by atoms with Crippen LogP contribution in [-0.2, 0) is 21.1 Å². The highest BCUT2D eigenvalue weighted by Gasteiger charge is 2.37. The van der Waals surface area contributed by atoms with Gasteiger partial charge in [-0.05, 0) is 32.1 Å². The van der Waals surface area contributed by atoms with Crippen LogP contribution in [0.3, 0.4) is 0 Å². The van der Waals surface area contributed by atoms with Crippen LogP contribution in [0.25, 0.3) is 0 Å². The van der Waals surface area contributed by atoms with Crippen molar-refractivity contribution in [3.63, 3.8) is 0 Å². The molecule has 2 aliphatic heterocycles. The van der Waals surface area contributed by atoms with Crippen LogP contribution >= 0.6 is 11.8 Å². The molecule has 2 fully saturated rings. The van der Waals surface area contributed by atoms with E-state index in [0.29, 0.717) is 37.4 Å². The summed E-state index contributed by atoms with van der Waals surface area (Å²) >= 11 is 1.53. The van der Waals surface area contributed by atoms with Crippen LogP contribution in [0.2, 0.25) is 0 Å². The molecule has 0 saturated carbocycles. The maximum Gasteiger partial charge on any atom is 0.223 e. The van der Waals surface area contributed by atoms with E-state index in [1.165, 1.54) is 16.7 Å². The lowest BCUT2D eigenvalue weighted by Gasteiger charge is -2.35. The average molecular weight is 414 g/mol. The Kier molecular flexibility index (Phi) is 6.43. The van der Waals surface area contributed by atoms with Crippen molar-refractivity contribution in [1.82, 2.24) is 14.9 Å². The Morgan fingerprint density at radius 2 is 1.85 bits per heavy atom. The number of carbonyl (C=O) groups is 1. The van der Waals surface area contributed by atoms with Crippen molar-refractivity contribution >= 4 is 27.5 Å². The Hall–Kier alpha value is -1.19. The molecule has 0 unspecified atom stereocenters. The fourth-order valence-electron chi connectivity index (χ4n) is 4.12. The van der Waals surface area contributed by atoms with Crippen LogP contribution in [0.15, 0.2) is 5.16 Å². The third-order valence-corrected chi connectivity index (χ3v) is 8.06. The number of amides is 1. The zero-order valence-electron chi connectivity index (χ0n) is 16.3. The quantitative estimate of drug-likeness (QED) is 0.525. The van der Waals surface area contributed by atoms with E-state index in [1.807, 2.05) is 25.0 Å². The smallest absolute Gasteiger partial charge is 0.223 e. The maximum absolute atomic E-state index is 12.6. The molecule has 3 heterocycles. The number of piperazine rings is 1. The SMILES string of the molecule is CSc1nc(C)c(CCC(=O)N2CC[NH+]([C@H]3CCS(=O)(=O)C3)CC2)c(C)n1. The van der Waals surface area contributed by atoms with Crippen LogP contribution in [0.1, 0.15) is 29.8 Å². The van der Waals surface area contributed by atoms with E-state index < -0.39 is 9.84 Å². The Morgan fingerprint density at radius 1 is 1.22 bits per heavy atom. The van der Waals surface area contributed by atoms with E-state index in [1.54, 1.807) is 0 Å². The second-order valence-corrected chi connectivity index (χ2v) is 10.5. The summed E-state index contributed by atoms with van der Waals surface area (Å²) in [6.45, 7) is 7.07. The molecule has 2 saturated heterocycles. The minimum atomic E-state index is -2.84. The fraction of sp³-hybridized carbons (Fsp3) is 0.722. The van der Waals surface area contributed by atoms with Crippen molar-refractivity contribution in [3.05, 3.63) is 17.0 Å². The largest absolute Gasteiger partial charge is 0.331 e.